The average Bonchev–Trinajstić information content (AvgIpc) is 3.26. The second-order valence-corrected chi connectivity index (χ2v) is 5.97. The summed E-state index contributed by atoms with van der Waals surface area (Å²) in [5.74, 6) is -0.437. The molecule has 0 aliphatic heterocycles. The van der Waals surface area contributed by atoms with Gasteiger partial charge < -0.3 is 10.6 Å². The van der Waals surface area contributed by atoms with Gasteiger partial charge in [0.05, 0.1) is 17.4 Å². The topological polar surface area (TPSA) is 71.8 Å². The van der Waals surface area contributed by atoms with E-state index in [2.05, 4.69) is 20.7 Å². The first-order chi connectivity index (χ1) is 11.7. The molecule has 124 valence electrons. The number of thiazole rings is 1. The van der Waals surface area contributed by atoms with Crippen molar-refractivity contribution in [1.29, 1.82) is 0 Å². The Balaban J connectivity index is 1.78. The molecule has 0 bridgehead atoms. The van der Waals surface area contributed by atoms with Crippen LogP contribution < -0.4 is 10.6 Å². The summed E-state index contributed by atoms with van der Waals surface area (Å²) in [7, 11) is 0. The van der Waals surface area contributed by atoms with Gasteiger partial charge in [-0.3, -0.25) is 0 Å². The first-order valence-electron chi connectivity index (χ1n) is 7.44. The van der Waals surface area contributed by atoms with Gasteiger partial charge in [-0.2, -0.15) is 5.10 Å². The molecular formula is C16H16FN5OS. The van der Waals surface area contributed by atoms with Gasteiger partial charge in [-0.25, -0.2) is 18.9 Å². The van der Waals surface area contributed by atoms with Gasteiger partial charge in [0, 0.05) is 24.0 Å². The highest BCUT2D eigenvalue weighted by Crippen LogP contribution is 2.22. The molecule has 8 heteroatoms. The van der Waals surface area contributed by atoms with Crippen LogP contribution in [0.15, 0.2) is 48.2 Å². The van der Waals surface area contributed by atoms with Crippen LogP contribution in [0, 0.1) is 5.82 Å². The fourth-order valence-corrected chi connectivity index (χ4v) is 3.05. The minimum atomic E-state index is -0.437. The van der Waals surface area contributed by atoms with Crippen molar-refractivity contribution in [2.75, 3.05) is 5.32 Å². The maximum absolute atomic E-state index is 13.6. The van der Waals surface area contributed by atoms with Gasteiger partial charge in [0.15, 0.2) is 0 Å². The summed E-state index contributed by atoms with van der Waals surface area (Å²) in [6.45, 7) is 1.96. The van der Waals surface area contributed by atoms with E-state index in [9.17, 15) is 9.18 Å². The predicted octanol–water partition coefficient (Wildman–Crippen LogP) is 3.74. The smallest absolute Gasteiger partial charge is 0.319 e. The van der Waals surface area contributed by atoms with Crippen molar-refractivity contribution < 1.29 is 9.18 Å². The van der Waals surface area contributed by atoms with E-state index < -0.39 is 11.8 Å². The molecule has 0 aliphatic rings. The molecule has 2 amide bonds. The van der Waals surface area contributed by atoms with E-state index in [1.165, 1.54) is 23.5 Å². The van der Waals surface area contributed by atoms with Gasteiger partial charge in [-0.05, 0) is 30.7 Å². The molecule has 0 fully saturated rings. The Bertz CT molecular complexity index is 804. The first kappa shape index (κ1) is 16.1. The Kier molecular flexibility index (Phi) is 4.85. The SMILES string of the molecule is CC[C@@H](NC(=O)Nc1cc(F)ccc1-n1cccn1)c1nccs1. The third-order valence-corrected chi connectivity index (χ3v) is 4.31. The summed E-state index contributed by atoms with van der Waals surface area (Å²) in [6, 6.07) is 5.30. The molecule has 2 heterocycles. The number of aromatic nitrogens is 3. The molecule has 3 aromatic rings. The summed E-state index contributed by atoms with van der Waals surface area (Å²) in [4.78, 5) is 16.5. The lowest BCUT2D eigenvalue weighted by Crippen LogP contribution is -2.32. The van der Waals surface area contributed by atoms with Crippen molar-refractivity contribution in [3.05, 3.63) is 59.1 Å². The molecular weight excluding hydrogens is 329 g/mol. The molecule has 6 nitrogen and oxygen atoms in total. The summed E-state index contributed by atoms with van der Waals surface area (Å²) < 4.78 is 15.1. The molecule has 1 aromatic carbocycles. The number of rotatable bonds is 5. The summed E-state index contributed by atoms with van der Waals surface area (Å²) in [6.07, 6.45) is 5.74. The van der Waals surface area contributed by atoms with Gasteiger partial charge in [0.1, 0.15) is 10.8 Å². The van der Waals surface area contributed by atoms with Crippen LogP contribution in [0.2, 0.25) is 0 Å². The van der Waals surface area contributed by atoms with E-state index in [4.69, 9.17) is 0 Å². The second-order valence-electron chi connectivity index (χ2n) is 5.04. The molecule has 1 atom stereocenters. The number of urea groups is 1. The molecule has 0 saturated carbocycles. The number of carbonyl (C=O) groups excluding carboxylic acids is 1. The number of benzene rings is 1. The minimum Gasteiger partial charge on any atom is -0.329 e. The fourth-order valence-electron chi connectivity index (χ4n) is 2.28. The van der Waals surface area contributed by atoms with Crippen molar-refractivity contribution in [1.82, 2.24) is 20.1 Å². The zero-order valence-electron chi connectivity index (χ0n) is 12.9. The van der Waals surface area contributed by atoms with Crippen LogP contribution in [-0.4, -0.2) is 20.8 Å². The molecule has 24 heavy (non-hydrogen) atoms. The lowest BCUT2D eigenvalue weighted by Gasteiger charge is -2.16. The number of anilines is 1. The molecule has 2 aromatic heterocycles. The molecule has 0 aliphatic carbocycles. The number of carbonyl (C=O) groups is 1. The second kappa shape index (κ2) is 7.22. The summed E-state index contributed by atoms with van der Waals surface area (Å²) in [5.41, 5.74) is 0.920. The Labute approximate surface area is 142 Å². The highest BCUT2D eigenvalue weighted by Gasteiger charge is 2.16. The van der Waals surface area contributed by atoms with E-state index in [1.54, 1.807) is 35.4 Å². The van der Waals surface area contributed by atoms with E-state index >= 15 is 0 Å². The van der Waals surface area contributed by atoms with Crippen molar-refractivity contribution in [2.24, 2.45) is 0 Å². The zero-order valence-corrected chi connectivity index (χ0v) is 13.8. The Hall–Kier alpha value is -2.74. The predicted molar refractivity (Wildman–Crippen MR) is 90.8 cm³/mol. The van der Waals surface area contributed by atoms with E-state index in [1.807, 2.05) is 12.3 Å². The maximum Gasteiger partial charge on any atom is 0.319 e. The van der Waals surface area contributed by atoms with Crippen LogP contribution in [0.25, 0.3) is 5.69 Å². The lowest BCUT2D eigenvalue weighted by atomic mass is 10.2. The number of halogens is 1. The van der Waals surface area contributed by atoms with E-state index in [0.29, 0.717) is 17.8 Å². The van der Waals surface area contributed by atoms with Crippen molar-refractivity contribution in [3.63, 3.8) is 0 Å². The van der Waals surface area contributed by atoms with Crippen LogP contribution in [0.5, 0.6) is 0 Å². The van der Waals surface area contributed by atoms with Gasteiger partial charge in [0.25, 0.3) is 0 Å². The zero-order chi connectivity index (χ0) is 16.9. The number of amides is 2. The average molecular weight is 345 g/mol. The molecule has 2 N–H and O–H groups in total. The Morgan fingerprint density at radius 1 is 1.42 bits per heavy atom. The third kappa shape index (κ3) is 3.60. The lowest BCUT2D eigenvalue weighted by molar-refractivity contribution is 0.248. The normalized spacial score (nSPS) is 11.9. The fraction of sp³-hybridized carbons (Fsp3) is 0.188. The van der Waals surface area contributed by atoms with Gasteiger partial charge >= 0.3 is 6.03 Å². The van der Waals surface area contributed by atoms with Crippen molar-refractivity contribution in [2.45, 2.75) is 19.4 Å². The molecule has 0 unspecified atom stereocenters. The highest BCUT2D eigenvalue weighted by molar-refractivity contribution is 7.09. The minimum absolute atomic E-state index is 0.188. The highest BCUT2D eigenvalue weighted by atomic mass is 32.1. The van der Waals surface area contributed by atoms with Crippen LogP contribution in [0.1, 0.15) is 24.4 Å². The molecule has 3 rings (SSSR count). The van der Waals surface area contributed by atoms with Crippen LogP contribution >= 0.6 is 11.3 Å². The molecule has 0 saturated heterocycles. The summed E-state index contributed by atoms with van der Waals surface area (Å²) >= 11 is 1.48. The first-order valence-corrected chi connectivity index (χ1v) is 8.32. The van der Waals surface area contributed by atoms with Crippen molar-refractivity contribution >= 4 is 23.1 Å². The van der Waals surface area contributed by atoms with Gasteiger partial charge in [0.2, 0.25) is 0 Å². The van der Waals surface area contributed by atoms with Crippen LogP contribution in [0.3, 0.4) is 0 Å². The standard InChI is InChI=1S/C16H16FN5OS/c1-2-12(15-18-7-9-24-15)20-16(23)21-13-10-11(17)4-5-14(13)22-8-3-6-19-22/h3-10,12H,2H2,1H3,(H2,20,21,23)/t12-/m1/s1. The van der Waals surface area contributed by atoms with Crippen LogP contribution in [0.4, 0.5) is 14.9 Å². The Morgan fingerprint density at radius 3 is 2.96 bits per heavy atom. The molecule has 0 radical (unpaired) electrons. The van der Waals surface area contributed by atoms with Gasteiger partial charge in [-0.1, -0.05) is 6.92 Å². The number of nitrogens with zero attached hydrogens (tertiary/aromatic N) is 3. The van der Waals surface area contributed by atoms with Crippen molar-refractivity contribution in [3.8, 4) is 5.69 Å². The Morgan fingerprint density at radius 2 is 2.29 bits per heavy atom. The van der Waals surface area contributed by atoms with Gasteiger partial charge in [-0.15, -0.1) is 11.3 Å². The van der Waals surface area contributed by atoms with E-state index in [-0.39, 0.29) is 6.04 Å². The number of hydrogen-bond donors (Lipinski definition) is 2. The number of hydrogen-bond acceptors (Lipinski definition) is 4. The quantitative estimate of drug-likeness (QED) is 0.740. The monoisotopic (exact) mass is 345 g/mol. The van der Waals surface area contributed by atoms with Crippen LogP contribution in [-0.2, 0) is 0 Å². The van der Waals surface area contributed by atoms with E-state index in [0.717, 1.165) is 5.01 Å². The third-order valence-electron chi connectivity index (χ3n) is 3.42. The maximum atomic E-state index is 13.6. The summed E-state index contributed by atoms with van der Waals surface area (Å²) in [5, 5.41) is 12.4. The number of nitrogens with one attached hydrogen (secondary N) is 2. The largest absolute Gasteiger partial charge is 0.329 e. The molecule has 0 spiro atoms.